The van der Waals surface area contributed by atoms with Crippen LogP contribution in [0.1, 0.15) is 27.4 Å². The summed E-state index contributed by atoms with van der Waals surface area (Å²) in [5, 5.41) is 2.82. The Hall–Kier alpha value is -4.43. The Bertz CT molecular complexity index is 1520. The summed E-state index contributed by atoms with van der Waals surface area (Å²) in [7, 11) is 0. The first-order valence-corrected chi connectivity index (χ1v) is 13.7. The van der Waals surface area contributed by atoms with E-state index in [-0.39, 0.29) is 0 Å². The van der Waals surface area contributed by atoms with Crippen molar-refractivity contribution in [1.29, 1.82) is 0 Å². The highest BCUT2D eigenvalue weighted by atomic mass is 16.5. The van der Waals surface area contributed by atoms with Crippen molar-refractivity contribution in [2.75, 3.05) is 47.9 Å². The predicted molar refractivity (Wildman–Crippen MR) is 157 cm³/mol. The molecule has 2 aromatic carbocycles. The van der Waals surface area contributed by atoms with E-state index in [1.165, 1.54) is 5.56 Å². The number of anilines is 3. The first kappa shape index (κ1) is 25.8. The molecule has 4 heterocycles. The highest BCUT2D eigenvalue weighted by Gasteiger charge is 2.28. The van der Waals surface area contributed by atoms with Crippen molar-refractivity contribution in [3.8, 4) is 11.1 Å². The fourth-order valence-electron chi connectivity index (χ4n) is 5.62. The van der Waals surface area contributed by atoms with E-state index in [1.807, 2.05) is 72.2 Å². The van der Waals surface area contributed by atoms with E-state index < -0.39 is 11.7 Å². The second-order valence-corrected chi connectivity index (χ2v) is 10.4. The van der Waals surface area contributed by atoms with Crippen LogP contribution in [-0.2, 0) is 22.7 Å². The van der Waals surface area contributed by atoms with Crippen molar-refractivity contribution in [3.05, 3.63) is 95.4 Å². The van der Waals surface area contributed by atoms with Crippen molar-refractivity contribution >= 4 is 28.9 Å². The van der Waals surface area contributed by atoms with E-state index in [0.29, 0.717) is 31.1 Å². The molecule has 8 nitrogen and oxygen atoms in total. The quantitative estimate of drug-likeness (QED) is 0.281. The lowest BCUT2D eigenvalue weighted by atomic mass is 10.0. The fourth-order valence-corrected chi connectivity index (χ4v) is 5.62. The fraction of sp³-hybridized carbons (Fsp3) is 0.281. The van der Waals surface area contributed by atoms with Crippen LogP contribution in [-0.4, -0.2) is 54.0 Å². The molecule has 2 aliphatic heterocycles. The number of piperazine rings is 1. The third-order valence-corrected chi connectivity index (χ3v) is 7.58. The Morgan fingerprint density at radius 1 is 0.850 bits per heavy atom. The summed E-state index contributed by atoms with van der Waals surface area (Å²) in [4.78, 5) is 36.0. The number of aromatic nitrogens is 2. The number of carbonyl (C=O) groups is 2. The molecule has 1 N–H and O–H groups in total. The summed E-state index contributed by atoms with van der Waals surface area (Å²) < 4.78 is 7.51. The van der Waals surface area contributed by atoms with Gasteiger partial charge < -0.3 is 24.4 Å². The zero-order valence-corrected chi connectivity index (χ0v) is 22.9. The zero-order valence-electron chi connectivity index (χ0n) is 22.9. The van der Waals surface area contributed by atoms with Crippen molar-refractivity contribution in [3.63, 3.8) is 0 Å². The Morgan fingerprint density at radius 3 is 2.30 bits per heavy atom. The minimum absolute atomic E-state index is 0.412. The molecule has 4 aromatic rings. The molecule has 0 spiro atoms. The van der Waals surface area contributed by atoms with Crippen LogP contribution >= 0.6 is 0 Å². The molecular formula is C32H33N5O3. The maximum absolute atomic E-state index is 13.5. The number of amides is 1. The van der Waals surface area contributed by atoms with E-state index in [1.54, 1.807) is 0 Å². The Kier molecular flexibility index (Phi) is 7.09. The van der Waals surface area contributed by atoms with Gasteiger partial charge in [-0.1, -0.05) is 30.3 Å². The van der Waals surface area contributed by atoms with Crippen LogP contribution in [0, 0.1) is 13.8 Å². The first-order chi connectivity index (χ1) is 19.5. The molecule has 2 aromatic heterocycles. The zero-order chi connectivity index (χ0) is 27.6. The lowest BCUT2D eigenvalue weighted by Gasteiger charge is -2.37. The third-order valence-electron chi connectivity index (χ3n) is 7.58. The van der Waals surface area contributed by atoms with E-state index in [0.717, 1.165) is 60.2 Å². The monoisotopic (exact) mass is 535 g/mol. The number of ketones is 1. The van der Waals surface area contributed by atoms with Crippen LogP contribution < -0.4 is 15.1 Å². The Morgan fingerprint density at radius 2 is 1.57 bits per heavy atom. The molecule has 0 aliphatic carbocycles. The molecule has 1 amide bonds. The smallest absolute Gasteiger partial charge is 0.298 e. The lowest BCUT2D eigenvalue weighted by Crippen LogP contribution is -2.46. The molecule has 0 saturated carbocycles. The van der Waals surface area contributed by atoms with E-state index in [2.05, 4.69) is 34.2 Å². The lowest BCUT2D eigenvalue weighted by molar-refractivity contribution is -0.112. The second-order valence-electron chi connectivity index (χ2n) is 10.4. The predicted octanol–water partition coefficient (Wildman–Crippen LogP) is 4.85. The number of pyridine rings is 1. The van der Waals surface area contributed by atoms with E-state index >= 15 is 0 Å². The summed E-state index contributed by atoms with van der Waals surface area (Å²) in [6.45, 7) is 9.14. The molecular weight excluding hydrogens is 502 g/mol. The number of hydrogen-bond acceptors (Lipinski definition) is 6. The minimum Gasteiger partial charge on any atom is -0.373 e. The highest BCUT2D eigenvalue weighted by molar-refractivity contribution is 6.47. The Labute approximate surface area is 234 Å². The number of nitrogens with one attached hydrogen (secondary N) is 1. The summed E-state index contributed by atoms with van der Waals surface area (Å²) in [5.41, 5.74) is 6.91. The summed E-state index contributed by atoms with van der Waals surface area (Å²) in [6.07, 6.45) is 0. The maximum atomic E-state index is 13.5. The molecule has 0 bridgehead atoms. The van der Waals surface area contributed by atoms with Gasteiger partial charge in [0.15, 0.2) is 0 Å². The molecule has 6 rings (SSSR count). The average Bonchev–Trinajstić information content (AvgIpc) is 3.37. The number of fused-ring (bicyclic) bond motifs is 1. The summed E-state index contributed by atoms with van der Waals surface area (Å²) in [5.74, 6) is -0.161. The van der Waals surface area contributed by atoms with Gasteiger partial charge in [0, 0.05) is 61.0 Å². The van der Waals surface area contributed by atoms with Gasteiger partial charge in [0.1, 0.15) is 11.5 Å². The van der Waals surface area contributed by atoms with Gasteiger partial charge >= 0.3 is 0 Å². The van der Waals surface area contributed by atoms with Gasteiger partial charge in [-0.05, 0) is 67.4 Å². The molecule has 8 heteroatoms. The SMILES string of the molecule is Cc1cc(C)nc(N2CCN(c3ccc(NC(=O)C(=O)c4c(-c5ccccc5)cc5n4CCOC5)cc3)CC2)c1. The molecule has 0 atom stereocenters. The molecule has 0 radical (unpaired) electrons. The van der Waals surface area contributed by atoms with Gasteiger partial charge in [-0.25, -0.2) is 4.98 Å². The maximum Gasteiger partial charge on any atom is 0.298 e. The Balaban J connectivity index is 1.13. The van der Waals surface area contributed by atoms with E-state index in [4.69, 9.17) is 9.72 Å². The summed E-state index contributed by atoms with van der Waals surface area (Å²) in [6, 6.07) is 23.6. The molecule has 1 saturated heterocycles. The number of carbonyl (C=O) groups excluding carboxylic acids is 2. The van der Waals surface area contributed by atoms with Crippen LogP contribution in [0.25, 0.3) is 11.1 Å². The van der Waals surface area contributed by atoms with Crippen LogP contribution in [0.15, 0.2) is 72.8 Å². The van der Waals surface area contributed by atoms with Gasteiger partial charge in [-0.3, -0.25) is 9.59 Å². The second kappa shape index (κ2) is 11.0. The average molecular weight is 536 g/mol. The largest absolute Gasteiger partial charge is 0.373 e. The number of aryl methyl sites for hydroxylation is 2. The van der Waals surface area contributed by atoms with Gasteiger partial charge in [0.2, 0.25) is 0 Å². The van der Waals surface area contributed by atoms with Crippen molar-refractivity contribution in [2.24, 2.45) is 0 Å². The first-order valence-electron chi connectivity index (χ1n) is 13.7. The number of nitrogens with zero attached hydrogens (tertiary/aromatic N) is 4. The number of Topliss-reactive ketones (excluding diaryl/α,β-unsaturated/α-hetero) is 1. The van der Waals surface area contributed by atoms with E-state index in [9.17, 15) is 9.59 Å². The highest BCUT2D eigenvalue weighted by Crippen LogP contribution is 2.30. The van der Waals surface area contributed by atoms with Crippen LogP contribution in [0.5, 0.6) is 0 Å². The number of hydrogen-bond donors (Lipinski definition) is 1. The minimum atomic E-state index is -0.646. The van der Waals surface area contributed by atoms with Gasteiger partial charge in [-0.2, -0.15) is 0 Å². The van der Waals surface area contributed by atoms with Crippen LogP contribution in [0.2, 0.25) is 0 Å². The summed E-state index contributed by atoms with van der Waals surface area (Å²) >= 11 is 0. The van der Waals surface area contributed by atoms with Gasteiger partial charge in [0.25, 0.3) is 11.7 Å². The van der Waals surface area contributed by atoms with Gasteiger partial charge in [0.05, 0.1) is 13.2 Å². The topological polar surface area (TPSA) is 79.7 Å². The molecule has 1 fully saturated rings. The normalized spacial score (nSPS) is 15.1. The number of ether oxygens (including phenoxy) is 1. The molecule has 204 valence electrons. The number of rotatable bonds is 6. The molecule has 2 aliphatic rings. The number of benzene rings is 2. The third kappa shape index (κ3) is 5.22. The molecule has 0 unspecified atom stereocenters. The van der Waals surface area contributed by atoms with Crippen molar-refractivity contribution < 1.29 is 14.3 Å². The van der Waals surface area contributed by atoms with Crippen LogP contribution in [0.3, 0.4) is 0 Å². The van der Waals surface area contributed by atoms with Crippen molar-refractivity contribution in [1.82, 2.24) is 9.55 Å². The molecule has 40 heavy (non-hydrogen) atoms. The van der Waals surface area contributed by atoms with Crippen LogP contribution in [0.4, 0.5) is 17.2 Å². The van der Waals surface area contributed by atoms with Gasteiger partial charge in [-0.15, -0.1) is 0 Å². The standard InChI is InChI=1S/C32H33N5O3/c1-22-18-23(2)33-29(19-22)36-14-12-35(13-15-36)26-10-8-25(9-11-26)34-32(39)31(38)30-28(24-6-4-3-5-7-24)20-27-21-40-17-16-37(27)30/h3-11,18-20H,12-17,21H2,1-2H3,(H,34,39). The van der Waals surface area contributed by atoms with Crippen molar-refractivity contribution in [2.45, 2.75) is 27.0 Å².